The maximum Gasteiger partial charge on any atom is 0.373 e. The molecule has 0 atom stereocenters. The van der Waals surface area contributed by atoms with E-state index in [0.717, 1.165) is 22.2 Å². The van der Waals surface area contributed by atoms with Gasteiger partial charge in [0, 0.05) is 19.0 Å². The van der Waals surface area contributed by atoms with Crippen LogP contribution in [0, 0.1) is 0 Å². The highest BCUT2D eigenvalue weighted by molar-refractivity contribution is 5.92. The summed E-state index contributed by atoms with van der Waals surface area (Å²) < 4.78 is 22.9. The van der Waals surface area contributed by atoms with Crippen LogP contribution in [-0.4, -0.2) is 44.4 Å². The molecule has 0 aliphatic rings. The first-order valence-electron chi connectivity index (χ1n) is 12.0. The number of hydrogen-bond acceptors (Lipinski definition) is 7. The van der Waals surface area contributed by atoms with Gasteiger partial charge in [-0.3, -0.25) is 0 Å². The quantitative estimate of drug-likeness (QED) is 0.149. The van der Waals surface area contributed by atoms with E-state index < -0.39 is 5.97 Å². The van der Waals surface area contributed by atoms with Gasteiger partial charge in [0.2, 0.25) is 5.76 Å². The van der Waals surface area contributed by atoms with E-state index in [1.54, 1.807) is 13.0 Å². The standard InChI is InChI=1S/C29H30N2O5/c1-3-33-28(32)27(34-19-17-22-11-5-4-6-12-22)21-23-13-7-9-15-25(23)35-20-18-31(2)29-30-24-14-8-10-16-26(24)36-29/h4-16,21H,3,17-20H2,1-2H3. The minimum absolute atomic E-state index is 0.146. The number of likely N-dealkylation sites (N-methyl/N-ethyl adjacent to an activating group) is 1. The number of oxazole rings is 1. The van der Waals surface area contributed by atoms with Crippen molar-refractivity contribution in [2.45, 2.75) is 13.3 Å². The number of benzene rings is 3. The zero-order valence-electron chi connectivity index (χ0n) is 20.6. The lowest BCUT2D eigenvalue weighted by Crippen LogP contribution is -2.24. The van der Waals surface area contributed by atoms with Crippen molar-refractivity contribution in [2.24, 2.45) is 0 Å². The van der Waals surface area contributed by atoms with E-state index in [9.17, 15) is 4.79 Å². The molecule has 0 saturated heterocycles. The Balaban J connectivity index is 1.41. The van der Waals surface area contributed by atoms with E-state index >= 15 is 0 Å². The smallest absolute Gasteiger partial charge is 0.373 e. The normalized spacial score (nSPS) is 11.3. The zero-order valence-corrected chi connectivity index (χ0v) is 20.6. The van der Waals surface area contributed by atoms with Gasteiger partial charge in [-0.05, 0) is 36.8 Å². The summed E-state index contributed by atoms with van der Waals surface area (Å²) in [4.78, 5) is 19.0. The van der Waals surface area contributed by atoms with Crippen molar-refractivity contribution in [3.8, 4) is 5.75 Å². The van der Waals surface area contributed by atoms with Gasteiger partial charge in [0.25, 0.3) is 6.01 Å². The fourth-order valence-corrected chi connectivity index (χ4v) is 3.57. The third-order valence-corrected chi connectivity index (χ3v) is 5.47. The number of carbonyl (C=O) groups excluding carboxylic acids is 1. The Morgan fingerprint density at radius 2 is 1.69 bits per heavy atom. The molecule has 1 heterocycles. The van der Waals surface area contributed by atoms with Crippen LogP contribution in [0.2, 0.25) is 0 Å². The Hall–Kier alpha value is -4.26. The third-order valence-electron chi connectivity index (χ3n) is 5.47. The number of carbonyl (C=O) groups is 1. The Kier molecular flexibility index (Phi) is 8.59. The first-order chi connectivity index (χ1) is 17.6. The number of ether oxygens (including phenoxy) is 3. The van der Waals surface area contributed by atoms with Crippen molar-refractivity contribution in [2.75, 3.05) is 38.3 Å². The highest BCUT2D eigenvalue weighted by atomic mass is 16.6. The van der Waals surface area contributed by atoms with Crippen molar-refractivity contribution in [3.63, 3.8) is 0 Å². The molecular formula is C29H30N2O5. The fourth-order valence-electron chi connectivity index (χ4n) is 3.57. The SMILES string of the molecule is CCOC(=O)C(=Cc1ccccc1OCCN(C)c1nc2ccccc2o1)OCCc1ccccc1. The molecule has 7 heteroatoms. The van der Waals surface area contributed by atoms with Crippen LogP contribution in [0.15, 0.2) is 89.0 Å². The van der Waals surface area contributed by atoms with Crippen LogP contribution in [0.4, 0.5) is 6.01 Å². The summed E-state index contributed by atoms with van der Waals surface area (Å²) in [6.45, 7) is 3.34. The average Bonchev–Trinajstić information content (AvgIpc) is 3.34. The maximum absolute atomic E-state index is 12.6. The predicted molar refractivity (Wildman–Crippen MR) is 140 cm³/mol. The van der Waals surface area contributed by atoms with Crippen molar-refractivity contribution in [3.05, 3.63) is 95.7 Å². The maximum atomic E-state index is 12.6. The lowest BCUT2D eigenvalue weighted by molar-refractivity contribution is -0.142. The summed E-state index contributed by atoms with van der Waals surface area (Å²) in [5.74, 6) is 0.278. The minimum atomic E-state index is -0.504. The molecule has 4 aromatic rings. The molecule has 3 aromatic carbocycles. The van der Waals surface area contributed by atoms with Crippen molar-refractivity contribution in [1.82, 2.24) is 4.98 Å². The van der Waals surface area contributed by atoms with E-state index in [1.807, 2.05) is 90.8 Å². The zero-order chi connectivity index (χ0) is 25.2. The number of anilines is 1. The van der Waals surface area contributed by atoms with Gasteiger partial charge in [-0.2, -0.15) is 4.98 Å². The second kappa shape index (κ2) is 12.4. The Labute approximate surface area is 210 Å². The minimum Gasteiger partial charge on any atom is -0.491 e. The molecule has 4 rings (SSSR count). The molecule has 0 aliphatic carbocycles. The molecule has 0 aliphatic heterocycles. The van der Waals surface area contributed by atoms with Crippen LogP contribution in [0.25, 0.3) is 17.2 Å². The van der Waals surface area contributed by atoms with E-state index in [2.05, 4.69) is 4.98 Å². The molecule has 0 fully saturated rings. The van der Waals surface area contributed by atoms with Crippen LogP contribution in [0.3, 0.4) is 0 Å². The summed E-state index contributed by atoms with van der Waals surface area (Å²) in [5, 5.41) is 0. The first-order valence-corrected chi connectivity index (χ1v) is 12.0. The third kappa shape index (κ3) is 6.66. The van der Waals surface area contributed by atoms with Crippen molar-refractivity contribution < 1.29 is 23.4 Å². The number of rotatable bonds is 12. The summed E-state index contributed by atoms with van der Waals surface area (Å²) in [5.41, 5.74) is 3.42. The predicted octanol–water partition coefficient (Wildman–Crippen LogP) is 5.51. The van der Waals surface area contributed by atoms with Crippen molar-refractivity contribution in [1.29, 1.82) is 0 Å². The molecule has 0 radical (unpaired) electrons. The van der Waals surface area contributed by atoms with Gasteiger partial charge >= 0.3 is 5.97 Å². The van der Waals surface area contributed by atoms with Crippen LogP contribution < -0.4 is 9.64 Å². The molecule has 0 saturated carbocycles. The average molecular weight is 487 g/mol. The molecule has 7 nitrogen and oxygen atoms in total. The Bertz CT molecular complexity index is 1270. The number of esters is 1. The molecule has 0 amide bonds. The van der Waals surface area contributed by atoms with Gasteiger partial charge < -0.3 is 23.5 Å². The van der Waals surface area contributed by atoms with Gasteiger partial charge in [-0.1, -0.05) is 60.7 Å². The highest BCUT2D eigenvalue weighted by Gasteiger charge is 2.15. The van der Waals surface area contributed by atoms with Gasteiger partial charge in [0.1, 0.15) is 17.9 Å². The van der Waals surface area contributed by atoms with E-state index in [0.29, 0.717) is 37.9 Å². The van der Waals surface area contributed by atoms with Crippen LogP contribution >= 0.6 is 0 Å². The Morgan fingerprint density at radius 3 is 2.50 bits per heavy atom. The van der Waals surface area contributed by atoms with Gasteiger partial charge in [-0.15, -0.1) is 0 Å². The Morgan fingerprint density at radius 1 is 0.944 bits per heavy atom. The van der Waals surface area contributed by atoms with Crippen LogP contribution in [0.1, 0.15) is 18.1 Å². The van der Waals surface area contributed by atoms with Gasteiger partial charge in [0.15, 0.2) is 5.58 Å². The van der Waals surface area contributed by atoms with Gasteiger partial charge in [0.05, 0.1) is 19.8 Å². The van der Waals surface area contributed by atoms with E-state index in [-0.39, 0.29) is 12.4 Å². The number of fused-ring (bicyclic) bond motifs is 1. The molecule has 0 spiro atoms. The van der Waals surface area contributed by atoms with E-state index in [1.165, 1.54) is 0 Å². The lowest BCUT2D eigenvalue weighted by atomic mass is 10.1. The summed E-state index contributed by atoms with van der Waals surface area (Å²) in [6, 6.07) is 25.7. The number of nitrogens with zero attached hydrogens (tertiary/aromatic N) is 2. The first kappa shape index (κ1) is 24.9. The molecule has 0 N–H and O–H groups in total. The molecule has 1 aromatic heterocycles. The second-order valence-electron chi connectivity index (χ2n) is 8.09. The highest BCUT2D eigenvalue weighted by Crippen LogP contribution is 2.23. The van der Waals surface area contributed by atoms with Crippen LogP contribution in [0.5, 0.6) is 5.75 Å². The van der Waals surface area contributed by atoms with Gasteiger partial charge in [-0.25, -0.2) is 4.79 Å². The summed E-state index contributed by atoms with van der Waals surface area (Å²) >= 11 is 0. The molecular weight excluding hydrogens is 456 g/mol. The number of para-hydroxylation sites is 3. The molecule has 0 unspecified atom stereocenters. The summed E-state index contributed by atoms with van der Waals surface area (Å²) in [7, 11) is 1.90. The van der Waals surface area contributed by atoms with Crippen molar-refractivity contribution >= 4 is 29.2 Å². The second-order valence-corrected chi connectivity index (χ2v) is 8.09. The van der Waals surface area contributed by atoms with E-state index in [4.69, 9.17) is 18.6 Å². The fraction of sp³-hybridized carbons (Fsp3) is 0.241. The largest absolute Gasteiger partial charge is 0.491 e. The monoisotopic (exact) mass is 486 g/mol. The molecule has 36 heavy (non-hydrogen) atoms. The summed E-state index contributed by atoms with van der Waals surface area (Å²) in [6.07, 6.45) is 2.35. The lowest BCUT2D eigenvalue weighted by Gasteiger charge is -2.16. The molecule has 0 bridgehead atoms. The topological polar surface area (TPSA) is 74.0 Å². The number of hydrogen-bond donors (Lipinski definition) is 0. The van der Waals surface area contributed by atoms with Crippen LogP contribution in [-0.2, 0) is 20.7 Å². The number of aromatic nitrogens is 1. The molecule has 186 valence electrons.